The number of hydrogen-bond acceptors (Lipinski definition) is 4. The lowest BCUT2D eigenvalue weighted by atomic mass is 10.1. The highest BCUT2D eigenvalue weighted by Gasteiger charge is 2.09. The SMILES string of the molecule is COC(=O)c1ccc(C#N)c(O[SiH3])c1. The Bertz CT molecular complexity index is 398. The Hall–Kier alpha value is -1.80. The molecule has 0 radical (unpaired) electrons. The summed E-state index contributed by atoms with van der Waals surface area (Å²) in [4.78, 5) is 11.1. The number of carbonyl (C=O) groups excluding carboxylic acids is 1. The fraction of sp³-hybridized carbons (Fsp3) is 0.111. The van der Waals surface area contributed by atoms with Crippen LogP contribution >= 0.6 is 0 Å². The molecule has 0 saturated carbocycles. The molecule has 0 aliphatic rings. The number of esters is 1. The highest BCUT2D eigenvalue weighted by atomic mass is 28.2. The summed E-state index contributed by atoms with van der Waals surface area (Å²) in [7, 11) is 1.78. The average Bonchev–Trinajstić information content (AvgIpc) is 2.26. The summed E-state index contributed by atoms with van der Waals surface area (Å²) in [5.74, 6) is -0.00322. The van der Waals surface area contributed by atoms with E-state index < -0.39 is 5.97 Å². The molecular weight excluding hydrogens is 198 g/mol. The molecule has 0 fully saturated rings. The van der Waals surface area contributed by atoms with Crippen molar-refractivity contribution in [3.05, 3.63) is 29.3 Å². The maximum absolute atomic E-state index is 11.1. The number of hydrogen-bond donors (Lipinski definition) is 0. The summed E-state index contributed by atoms with van der Waals surface area (Å²) < 4.78 is 9.62. The predicted octanol–water partition coefficient (Wildman–Crippen LogP) is 0.00408. The van der Waals surface area contributed by atoms with Crippen LogP contribution < -0.4 is 4.43 Å². The normalized spacial score (nSPS) is 9.14. The molecular formula is C9H9NO3Si. The first-order valence-corrected chi connectivity index (χ1v) is 4.71. The van der Waals surface area contributed by atoms with E-state index >= 15 is 0 Å². The molecule has 1 aromatic rings. The van der Waals surface area contributed by atoms with E-state index in [2.05, 4.69) is 4.74 Å². The van der Waals surface area contributed by atoms with Crippen molar-refractivity contribution in [2.75, 3.05) is 7.11 Å². The average molecular weight is 207 g/mol. The van der Waals surface area contributed by atoms with E-state index in [9.17, 15) is 4.79 Å². The van der Waals surface area contributed by atoms with Gasteiger partial charge < -0.3 is 9.16 Å². The molecule has 0 saturated heterocycles. The van der Waals surface area contributed by atoms with E-state index in [1.54, 1.807) is 6.07 Å². The third-order valence-corrected chi connectivity index (χ3v) is 2.18. The molecule has 0 bridgehead atoms. The van der Waals surface area contributed by atoms with E-state index in [1.807, 2.05) is 6.07 Å². The van der Waals surface area contributed by atoms with Crippen molar-refractivity contribution in [2.45, 2.75) is 0 Å². The van der Waals surface area contributed by atoms with Gasteiger partial charge in [0.05, 0.1) is 18.2 Å². The molecule has 1 aromatic carbocycles. The first kappa shape index (κ1) is 10.3. The third kappa shape index (κ3) is 1.92. The van der Waals surface area contributed by atoms with Crippen molar-refractivity contribution >= 4 is 16.5 Å². The van der Waals surface area contributed by atoms with Gasteiger partial charge in [-0.15, -0.1) is 0 Å². The quantitative estimate of drug-likeness (QED) is 0.506. The second-order valence-electron chi connectivity index (χ2n) is 2.52. The second-order valence-corrected chi connectivity index (χ2v) is 2.93. The molecule has 0 spiro atoms. The molecule has 0 aromatic heterocycles. The molecule has 0 amide bonds. The monoisotopic (exact) mass is 207 g/mol. The summed E-state index contributed by atoms with van der Waals surface area (Å²) >= 11 is 0. The van der Waals surface area contributed by atoms with E-state index in [4.69, 9.17) is 9.69 Å². The maximum atomic E-state index is 11.1. The third-order valence-electron chi connectivity index (χ3n) is 1.74. The van der Waals surface area contributed by atoms with Crippen LogP contribution in [0, 0.1) is 11.3 Å². The van der Waals surface area contributed by atoms with Gasteiger partial charge in [0.1, 0.15) is 11.8 Å². The molecule has 0 aliphatic carbocycles. The van der Waals surface area contributed by atoms with Crippen LogP contribution in [0.25, 0.3) is 0 Å². The zero-order chi connectivity index (χ0) is 10.6. The molecule has 0 aliphatic heterocycles. The maximum Gasteiger partial charge on any atom is 0.337 e. The largest absolute Gasteiger partial charge is 0.552 e. The zero-order valence-corrected chi connectivity index (χ0v) is 9.90. The molecule has 72 valence electrons. The lowest BCUT2D eigenvalue weighted by Gasteiger charge is -2.05. The minimum Gasteiger partial charge on any atom is -0.552 e. The van der Waals surface area contributed by atoms with Gasteiger partial charge in [0.25, 0.3) is 0 Å². The molecule has 0 heterocycles. The number of ether oxygens (including phenoxy) is 1. The number of carbonyl (C=O) groups is 1. The van der Waals surface area contributed by atoms with Gasteiger partial charge in [0.15, 0.2) is 0 Å². The summed E-state index contributed by atoms with van der Waals surface area (Å²) in [6.07, 6.45) is 0. The highest BCUT2D eigenvalue weighted by molar-refractivity contribution is 6.00. The van der Waals surface area contributed by atoms with Crippen molar-refractivity contribution in [1.82, 2.24) is 0 Å². The minimum absolute atomic E-state index is 0.386. The van der Waals surface area contributed by atoms with Gasteiger partial charge in [-0.25, -0.2) is 4.79 Å². The van der Waals surface area contributed by atoms with Crippen molar-refractivity contribution in [3.8, 4) is 11.8 Å². The van der Waals surface area contributed by atoms with Crippen LogP contribution in [0.3, 0.4) is 0 Å². The summed E-state index contributed by atoms with van der Waals surface area (Å²) in [5, 5.41) is 8.71. The van der Waals surface area contributed by atoms with Gasteiger partial charge in [-0.05, 0) is 18.2 Å². The zero-order valence-electron chi connectivity index (χ0n) is 7.90. The Balaban J connectivity index is 3.15. The van der Waals surface area contributed by atoms with E-state index in [0.717, 1.165) is 0 Å². The lowest BCUT2D eigenvalue weighted by Crippen LogP contribution is -2.02. The first-order chi connectivity index (χ1) is 6.72. The molecule has 0 N–H and O–H groups in total. The molecule has 0 unspecified atom stereocenters. The fourth-order valence-electron chi connectivity index (χ4n) is 1.03. The van der Waals surface area contributed by atoms with Crippen LogP contribution in [0.2, 0.25) is 0 Å². The van der Waals surface area contributed by atoms with Crippen molar-refractivity contribution in [3.63, 3.8) is 0 Å². The van der Waals surface area contributed by atoms with Crippen LogP contribution in [0.5, 0.6) is 5.75 Å². The number of nitrogens with zero attached hydrogens (tertiary/aromatic N) is 1. The molecule has 1 rings (SSSR count). The number of methoxy groups -OCH3 is 1. The van der Waals surface area contributed by atoms with Crippen LogP contribution in [0.4, 0.5) is 0 Å². The van der Waals surface area contributed by atoms with Gasteiger partial charge in [-0.1, -0.05) is 0 Å². The highest BCUT2D eigenvalue weighted by Crippen LogP contribution is 2.19. The topological polar surface area (TPSA) is 59.3 Å². The van der Waals surface area contributed by atoms with Crippen molar-refractivity contribution in [1.29, 1.82) is 5.26 Å². The number of rotatable bonds is 2. The summed E-state index contributed by atoms with van der Waals surface area (Å²) in [5.41, 5.74) is 0.810. The minimum atomic E-state index is -0.436. The van der Waals surface area contributed by atoms with Crippen molar-refractivity contribution in [2.24, 2.45) is 0 Å². The van der Waals surface area contributed by atoms with Gasteiger partial charge in [0.2, 0.25) is 10.5 Å². The van der Waals surface area contributed by atoms with E-state index in [1.165, 1.54) is 19.2 Å². The number of benzene rings is 1. The Kier molecular flexibility index (Phi) is 3.26. The van der Waals surface area contributed by atoms with Gasteiger partial charge in [-0.3, -0.25) is 0 Å². The molecule has 0 atom stereocenters. The Labute approximate surface area is 84.6 Å². The van der Waals surface area contributed by atoms with Crippen LogP contribution in [-0.4, -0.2) is 23.6 Å². The smallest absolute Gasteiger partial charge is 0.337 e. The molecule has 14 heavy (non-hydrogen) atoms. The standard InChI is InChI=1S/C9H9NO3Si/c1-12-9(11)6-2-3-7(5-10)8(4-6)13-14/h2-4H,1,14H3. The van der Waals surface area contributed by atoms with Crippen LogP contribution in [-0.2, 0) is 4.74 Å². The second kappa shape index (κ2) is 4.44. The fourth-order valence-corrected chi connectivity index (χ4v) is 1.37. The Morgan fingerprint density at radius 2 is 2.29 bits per heavy atom. The Morgan fingerprint density at radius 1 is 1.57 bits per heavy atom. The van der Waals surface area contributed by atoms with E-state index in [0.29, 0.717) is 27.4 Å². The van der Waals surface area contributed by atoms with Gasteiger partial charge >= 0.3 is 5.97 Å². The van der Waals surface area contributed by atoms with Gasteiger partial charge in [-0.2, -0.15) is 5.26 Å². The number of nitriles is 1. The molecule has 4 nitrogen and oxygen atoms in total. The van der Waals surface area contributed by atoms with Crippen LogP contribution in [0.1, 0.15) is 15.9 Å². The Morgan fingerprint density at radius 3 is 2.79 bits per heavy atom. The van der Waals surface area contributed by atoms with Gasteiger partial charge in [0, 0.05) is 0 Å². The summed E-state index contributed by atoms with van der Waals surface area (Å²) in [6.45, 7) is 0. The first-order valence-electron chi connectivity index (χ1n) is 3.89. The van der Waals surface area contributed by atoms with E-state index in [-0.39, 0.29) is 0 Å². The lowest BCUT2D eigenvalue weighted by molar-refractivity contribution is 0.0600. The predicted molar refractivity (Wildman–Crippen MR) is 53.1 cm³/mol. The summed E-state index contributed by atoms with van der Waals surface area (Å²) in [6, 6.07) is 6.56. The van der Waals surface area contributed by atoms with Crippen LogP contribution in [0.15, 0.2) is 18.2 Å². The van der Waals surface area contributed by atoms with Crippen molar-refractivity contribution < 1.29 is 14.0 Å². The molecule has 5 heteroatoms.